The molecule has 1 aromatic carbocycles. The molecular formula is C15H22N2O. The summed E-state index contributed by atoms with van der Waals surface area (Å²) in [5.41, 5.74) is 0.979. The maximum absolute atomic E-state index is 12.4. The highest BCUT2D eigenvalue weighted by molar-refractivity contribution is 5.83. The molecule has 1 unspecified atom stereocenters. The van der Waals surface area contributed by atoms with Crippen LogP contribution in [-0.2, 0) is 11.3 Å². The molecule has 1 saturated heterocycles. The Balaban J connectivity index is 1.94. The molecule has 0 aromatic heterocycles. The first-order valence-corrected chi connectivity index (χ1v) is 6.80. The van der Waals surface area contributed by atoms with Crippen molar-refractivity contribution in [3.63, 3.8) is 0 Å². The Morgan fingerprint density at radius 1 is 1.39 bits per heavy atom. The van der Waals surface area contributed by atoms with E-state index < -0.39 is 0 Å². The Labute approximate surface area is 109 Å². The van der Waals surface area contributed by atoms with Gasteiger partial charge in [0, 0.05) is 13.1 Å². The first-order chi connectivity index (χ1) is 8.77. The van der Waals surface area contributed by atoms with Crippen molar-refractivity contribution in [1.29, 1.82) is 0 Å². The third-order valence-electron chi connectivity index (χ3n) is 3.75. The lowest BCUT2D eigenvalue weighted by molar-refractivity contribution is -0.130. The molecule has 1 heterocycles. The zero-order valence-electron chi connectivity index (χ0n) is 11.0. The predicted octanol–water partition coefficient (Wildman–Crippen LogP) is 2.08. The summed E-state index contributed by atoms with van der Waals surface area (Å²) in [6, 6.07) is 10.1. The largest absolute Gasteiger partial charge is 0.352 e. The van der Waals surface area contributed by atoms with E-state index >= 15 is 0 Å². The number of nitrogens with one attached hydrogen (secondary N) is 2. The van der Waals surface area contributed by atoms with Gasteiger partial charge in [0.2, 0.25) is 5.91 Å². The van der Waals surface area contributed by atoms with E-state index in [1.54, 1.807) is 0 Å². The minimum absolute atomic E-state index is 0.177. The van der Waals surface area contributed by atoms with Crippen LogP contribution in [0, 0.1) is 5.41 Å². The molecule has 1 aliphatic rings. The van der Waals surface area contributed by atoms with E-state index in [1.807, 2.05) is 30.3 Å². The number of benzene rings is 1. The number of amides is 1. The van der Waals surface area contributed by atoms with Gasteiger partial charge in [-0.1, -0.05) is 43.7 Å². The van der Waals surface area contributed by atoms with Crippen LogP contribution in [0.1, 0.15) is 31.7 Å². The molecular weight excluding hydrogens is 224 g/mol. The third-order valence-corrected chi connectivity index (χ3v) is 3.75. The first-order valence-electron chi connectivity index (χ1n) is 6.80. The van der Waals surface area contributed by atoms with Crippen molar-refractivity contribution in [2.24, 2.45) is 5.41 Å². The highest BCUT2D eigenvalue weighted by atomic mass is 16.2. The van der Waals surface area contributed by atoms with Crippen molar-refractivity contribution < 1.29 is 4.79 Å². The molecule has 0 saturated carbocycles. The van der Waals surface area contributed by atoms with E-state index in [9.17, 15) is 4.79 Å². The maximum atomic E-state index is 12.4. The van der Waals surface area contributed by atoms with Crippen LogP contribution in [0.25, 0.3) is 0 Å². The van der Waals surface area contributed by atoms with Gasteiger partial charge in [-0.05, 0) is 24.9 Å². The average molecular weight is 246 g/mol. The van der Waals surface area contributed by atoms with Gasteiger partial charge in [-0.15, -0.1) is 0 Å². The van der Waals surface area contributed by atoms with Gasteiger partial charge in [0.1, 0.15) is 0 Å². The Hall–Kier alpha value is -1.35. The van der Waals surface area contributed by atoms with Crippen LogP contribution in [0.15, 0.2) is 30.3 Å². The summed E-state index contributed by atoms with van der Waals surface area (Å²) >= 11 is 0. The molecule has 3 nitrogen and oxygen atoms in total. The predicted molar refractivity (Wildman–Crippen MR) is 73.1 cm³/mol. The molecule has 18 heavy (non-hydrogen) atoms. The van der Waals surface area contributed by atoms with Gasteiger partial charge in [0.15, 0.2) is 0 Å². The van der Waals surface area contributed by atoms with Crippen molar-refractivity contribution in [3.8, 4) is 0 Å². The zero-order valence-corrected chi connectivity index (χ0v) is 11.0. The van der Waals surface area contributed by atoms with E-state index in [0.717, 1.165) is 37.9 Å². The van der Waals surface area contributed by atoms with E-state index in [-0.39, 0.29) is 11.3 Å². The maximum Gasteiger partial charge on any atom is 0.227 e. The van der Waals surface area contributed by atoms with E-state index in [4.69, 9.17) is 0 Å². The van der Waals surface area contributed by atoms with Gasteiger partial charge >= 0.3 is 0 Å². The van der Waals surface area contributed by atoms with Gasteiger partial charge < -0.3 is 10.6 Å². The third kappa shape index (κ3) is 2.91. The topological polar surface area (TPSA) is 41.1 Å². The number of carbonyl (C=O) groups is 1. The molecule has 1 atom stereocenters. The van der Waals surface area contributed by atoms with Crippen LogP contribution < -0.4 is 10.6 Å². The van der Waals surface area contributed by atoms with E-state index in [0.29, 0.717) is 6.54 Å². The van der Waals surface area contributed by atoms with E-state index in [2.05, 4.69) is 17.6 Å². The summed E-state index contributed by atoms with van der Waals surface area (Å²) in [5, 5.41) is 6.40. The van der Waals surface area contributed by atoms with Crippen LogP contribution in [0.5, 0.6) is 0 Å². The molecule has 0 spiro atoms. The molecule has 3 heteroatoms. The Morgan fingerprint density at radius 2 is 2.17 bits per heavy atom. The second-order valence-electron chi connectivity index (χ2n) is 5.13. The summed E-state index contributed by atoms with van der Waals surface area (Å²) in [6.45, 7) is 4.55. The van der Waals surface area contributed by atoms with Gasteiger partial charge in [0.25, 0.3) is 0 Å². The number of carbonyl (C=O) groups excluding carboxylic acids is 1. The standard InChI is InChI=1S/C15H22N2O/c1-2-8-15(9-10-16-12-15)14(18)17-11-13-6-4-3-5-7-13/h3-7,16H,2,8-12H2,1H3,(H,17,18). The van der Waals surface area contributed by atoms with Crippen molar-refractivity contribution in [1.82, 2.24) is 10.6 Å². The Kier molecular flexibility index (Phi) is 4.37. The minimum atomic E-state index is -0.177. The monoisotopic (exact) mass is 246 g/mol. The first kappa shape index (κ1) is 13.1. The lowest BCUT2D eigenvalue weighted by Crippen LogP contribution is -2.42. The fourth-order valence-corrected chi connectivity index (χ4v) is 2.71. The molecule has 1 aliphatic heterocycles. The minimum Gasteiger partial charge on any atom is -0.352 e. The molecule has 0 aliphatic carbocycles. The van der Waals surface area contributed by atoms with Crippen molar-refractivity contribution >= 4 is 5.91 Å². The highest BCUT2D eigenvalue weighted by Crippen LogP contribution is 2.31. The molecule has 1 amide bonds. The summed E-state index contributed by atoms with van der Waals surface area (Å²) < 4.78 is 0. The van der Waals surface area contributed by atoms with Crippen molar-refractivity contribution in [2.45, 2.75) is 32.7 Å². The van der Waals surface area contributed by atoms with Gasteiger partial charge in [-0.2, -0.15) is 0 Å². The summed E-state index contributed by atoms with van der Waals surface area (Å²) in [5.74, 6) is 0.207. The molecule has 0 radical (unpaired) electrons. The molecule has 2 rings (SSSR count). The second kappa shape index (κ2) is 6.01. The fourth-order valence-electron chi connectivity index (χ4n) is 2.71. The number of hydrogen-bond acceptors (Lipinski definition) is 2. The second-order valence-corrected chi connectivity index (χ2v) is 5.13. The van der Waals surface area contributed by atoms with Crippen LogP contribution in [0.3, 0.4) is 0 Å². The average Bonchev–Trinajstić information content (AvgIpc) is 2.87. The van der Waals surface area contributed by atoms with Gasteiger partial charge in [-0.3, -0.25) is 4.79 Å². The highest BCUT2D eigenvalue weighted by Gasteiger charge is 2.39. The molecule has 2 N–H and O–H groups in total. The fraction of sp³-hybridized carbons (Fsp3) is 0.533. The van der Waals surface area contributed by atoms with Crippen LogP contribution >= 0.6 is 0 Å². The Bertz CT molecular complexity index is 383. The SMILES string of the molecule is CCCC1(C(=O)NCc2ccccc2)CCNC1. The van der Waals surface area contributed by atoms with Crippen molar-refractivity contribution in [2.75, 3.05) is 13.1 Å². The smallest absolute Gasteiger partial charge is 0.227 e. The molecule has 1 aromatic rings. The molecule has 1 fully saturated rings. The van der Waals surface area contributed by atoms with Gasteiger partial charge in [-0.25, -0.2) is 0 Å². The summed E-state index contributed by atoms with van der Waals surface area (Å²) in [7, 11) is 0. The number of rotatable bonds is 5. The van der Waals surface area contributed by atoms with Crippen molar-refractivity contribution in [3.05, 3.63) is 35.9 Å². The van der Waals surface area contributed by atoms with E-state index in [1.165, 1.54) is 0 Å². The lowest BCUT2D eigenvalue weighted by Gasteiger charge is -2.26. The molecule has 0 bridgehead atoms. The lowest BCUT2D eigenvalue weighted by atomic mass is 9.81. The summed E-state index contributed by atoms with van der Waals surface area (Å²) in [4.78, 5) is 12.4. The van der Waals surface area contributed by atoms with Crippen LogP contribution in [0.4, 0.5) is 0 Å². The normalized spacial score (nSPS) is 22.9. The summed E-state index contributed by atoms with van der Waals surface area (Å²) in [6.07, 6.45) is 2.99. The quantitative estimate of drug-likeness (QED) is 0.835. The number of hydrogen-bond donors (Lipinski definition) is 2. The van der Waals surface area contributed by atoms with Crippen LogP contribution in [0.2, 0.25) is 0 Å². The Morgan fingerprint density at radius 3 is 2.78 bits per heavy atom. The van der Waals surface area contributed by atoms with Crippen LogP contribution in [-0.4, -0.2) is 19.0 Å². The molecule has 98 valence electrons. The zero-order chi connectivity index (χ0) is 12.8. The van der Waals surface area contributed by atoms with Gasteiger partial charge in [0.05, 0.1) is 5.41 Å².